The van der Waals surface area contributed by atoms with Gasteiger partial charge >= 0.3 is 0 Å². The highest BCUT2D eigenvalue weighted by atomic mass is 15.3. The molecule has 0 fully saturated rings. The summed E-state index contributed by atoms with van der Waals surface area (Å²) < 4.78 is 0. The highest BCUT2D eigenvalue weighted by Crippen LogP contribution is 1.83. The molecule has 2 N–H and O–H groups in total. The smallest absolute Gasteiger partial charge is 0.0103 e. The fourth-order valence-corrected chi connectivity index (χ4v) is 0.460. The SMILES string of the molecule is C=CCCCNNC. The second-order valence-corrected chi connectivity index (χ2v) is 1.61. The first-order chi connectivity index (χ1) is 3.91. The van der Waals surface area contributed by atoms with Crippen LogP contribution in [-0.2, 0) is 0 Å². The van der Waals surface area contributed by atoms with Crippen molar-refractivity contribution in [2.45, 2.75) is 12.8 Å². The molecule has 2 heteroatoms. The molecule has 0 aromatic heterocycles. The second kappa shape index (κ2) is 6.66. The van der Waals surface area contributed by atoms with E-state index in [-0.39, 0.29) is 0 Å². The van der Waals surface area contributed by atoms with Gasteiger partial charge in [0, 0.05) is 6.54 Å². The third kappa shape index (κ3) is 5.66. The Morgan fingerprint density at radius 1 is 1.62 bits per heavy atom. The van der Waals surface area contributed by atoms with Crippen LogP contribution in [0.5, 0.6) is 0 Å². The van der Waals surface area contributed by atoms with E-state index >= 15 is 0 Å². The average molecular weight is 114 g/mol. The van der Waals surface area contributed by atoms with Crippen molar-refractivity contribution >= 4 is 0 Å². The van der Waals surface area contributed by atoms with Crippen LogP contribution in [0.3, 0.4) is 0 Å². The summed E-state index contributed by atoms with van der Waals surface area (Å²) in [4.78, 5) is 0. The van der Waals surface area contributed by atoms with Gasteiger partial charge in [-0.3, -0.25) is 10.9 Å². The summed E-state index contributed by atoms with van der Waals surface area (Å²) in [6.45, 7) is 4.63. The molecule has 0 unspecified atom stereocenters. The maximum Gasteiger partial charge on any atom is 0.0103 e. The molecule has 0 aliphatic heterocycles. The molecule has 0 spiro atoms. The number of nitrogens with one attached hydrogen (secondary N) is 2. The van der Waals surface area contributed by atoms with Crippen LogP contribution in [0, 0.1) is 0 Å². The Morgan fingerprint density at radius 2 is 2.38 bits per heavy atom. The molecule has 8 heavy (non-hydrogen) atoms. The summed E-state index contributed by atoms with van der Waals surface area (Å²) in [5.41, 5.74) is 5.83. The molecule has 0 rings (SSSR count). The average Bonchev–Trinajstić information content (AvgIpc) is 1.81. The van der Waals surface area contributed by atoms with Crippen molar-refractivity contribution in [3.63, 3.8) is 0 Å². The van der Waals surface area contributed by atoms with Crippen LogP contribution in [0.4, 0.5) is 0 Å². The van der Waals surface area contributed by atoms with Gasteiger partial charge in [0.1, 0.15) is 0 Å². The van der Waals surface area contributed by atoms with E-state index in [2.05, 4.69) is 17.4 Å². The lowest BCUT2D eigenvalue weighted by Gasteiger charge is -1.97. The van der Waals surface area contributed by atoms with Gasteiger partial charge in [-0.25, -0.2) is 0 Å². The van der Waals surface area contributed by atoms with Crippen LogP contribution < -0.4 is 10.9 Å². The van der Waals surface area contributed by atoms with Crippen LogP contribution in [0.1, 0.15) is 12.8 Å². The lowest BCUT2D eigenvalue weighted by atomic mass is 10.3. The topological polar surface area (TPSA) is 24.1 Å². The minimum atomic E-state index is 1.02. The molecule has 0 heterocycles. The molecular weight excluding hydrogens is 100 g/mol. The Hall–Kier alpha value is -0.340. The highest BCUT2D eigenvalue weighted by molar-refractivity contribution is 4.65. The molecule has 0 aliphatic rings. The summed E-state index contributed by atoms with van der Waals surface area (Å²) in [5.74, 6) is 0. The predicted molar refractivity (Wildman–Crippen MR) is 36.5 cm³/mol. The highest BCUT2D eigenvalue weighted by Gasteiger charge is 1.78. The van der Waals surface area contributed by atoms with E-state index in [0.29, 0.717) is 0 Å². The molecule has 0 saturated heterocycles. The minimum Gasteiger partial charge on any atom is -0.261 e. The van der Waals surface area contributed by atoms with Crippen LogP contribution in [0.25, 0.3) is 0 Å². The van der Waals surface area contributed by atoms with Crippen molar-refractivity contribution in [2.75, 3.05) is 13.6 Å². The molecule has 0 radical (unpaired) electrons. The maximum absolute atomic E-state index is 3.61. The van der Waals surface area contributed by atoms with E-state index in [4.69, 9.17) is 0 Å². The van der Waals surface area contributed by atoms with Gasteiger partial charge in [-0.15, -0.1) is 6.58 Å². The Balaban J connectivity index is 2.62. The number of allylic oxidation sites excluding steroid dienone is 1. The van der Waals surface area contributed by atoms with Crippen molar-refractivity contribution in [2.24, 2.45) is 0 Å². The minimum absolute atomic E-state index is 1.02. The van der Waals surface area contributed by atoms with E-state index in [0.717, 1.165) is 19.4 Å². The Labute approximate surface area is 50.9 Å². The third-order valence-corrected chi connectivity index (χ3v) is 0.887. The largest absolute Gasteiger partial charge is 0.261 e. The summed E-state index contributed by atoms with van der Waals surface area (Å²) in [6.07, 6.45) is 4.18. The number of hydrogen-bond acceptors (Lipinski definition) is 2. The normalized spacial score (nSPS) is 9.12. The van der Waals surface area contributed by atoms with Gasteiger partial charge in [-0.2, -0.15) is 0 Å². The van der Waals surface area contributed by atoms with Gasteiger partial charge < -0.3 is 0 Å². The van der Waals surface area contributed by atoms with Crippen molar-refractivity contribution < 1.29 is 0 Å². The fraction of sp³-hybridized carbons (Fsp3) is 0.667. The zero-order valence-electron chi connectivity index (χ0n) is 5.41. The first kappa shape index (κ1) is 7.66. The number of rotatable bonds is 5. The molecule has 0 aromatic rings. The van der Waals surface area contributed by atoms with E-state index in [1.807, 2.05) is 13.1 Å². The van der Waals surface area contributed by atoms with Crippen molar-refractivity contribution in [3.8, 4) is 0 Å². The first-order valence-electron chi connectivity index (χ1n) is 2.92. The third-order valence-electron chi connectivity index (χ3n) is 0.887. The van der Waals surface area contributed by atoms with E-state index < -0.39 is 0 Å². The summed E-state index contributed by atoms with van der Waals surface area (Å²) in [5, 5.41) is 0. The number of unbranched alkanes of at least 4 members (excludes halogenated alkanes) is 1. The molecule has 2 nitrogen and oxygen atoms in total. The van der Waals surface area contributed by atoms with Crippen molar-refractivity contribution in [3.05, 3.63) is 12.7 Å². The molecular formula is C6H14N2. The van der Waals surface area contributed by atoms with Crippen LogP contribution >= 0.6 is 0 Å². The van der Waals surface area contributed by atoms with Gasteiger partial charge in [-0.1, -0.05) is 6.08 Å². The molecule has 0 saturated carbocycles. The first-order valence-corrected chi connectivity index (χ1v) is 2.92. The van der Waals surface area contributed by atoms with Crippen LogP contribution in [0.2, 0.25) is 0 Å². The fourth-order valence-electron chi connectivity index (χ4n) is 0.460. The Bertz CT molecular complexity index is 52.5. The molecule has 0 aromatic carbocycles. The van der Waals surface area contributed by atoms with E-state index in [1.54, 1.807) is 0 Å². The molecule has 0 aliphatic carbocycles. The predicted octanol–water partition coefficient (Wildman–Crippen LogP) is 0.677. The van der Waals surface area contributed by atoms with Crippen LogP contribution in [0.15, 0.2) is 12.7 Å². The van der Waals surface area contributed by atoms with Crippen molar-refractivity contribution in [1.82, 2.24) is 10.9 Å². The molecule has 0 atom stereocenters. The summed E-state index contributed by atoms with van der Waals surface area (Å²) in [6, 6.07) is 0. The molecule has 48 valence electrons. The Kier molecular flexibility index (Phi) is 6.38. The zero-order valence-corrected chi connectivity index (χ0v) is 5.41. The lowest BCUT2D eigenvalue weighted by molar-refractivity contribution is 0.578. The number of hydrazine groups is 1. The Morgan fingerprint density at radius 3 is 2.88 bits per heavy atom. The van der Waals surface area contributed by atoms with Crippen LogP contribution in [-0.4, -0.2) is 13.6 Å². The molecule has 0 bridgehead atoms. The van der Waals surface area contributed by atoms with Gasteiger partial charge in [0.05, 0.1) is 0 Å². The maximum atomic E-state index is 3.61. The van der Waals surface area contributed by atoms with Crippen molar-refractivity contribution in [1.29, 1.82) is 0 Å². The number of hydrogen-bond donors (Lipinski definition) is 2. The summed E-state index contributed by atoms with van der Waals surface area (Å²) in [7, 11) is 1.87. The van der Waals surface area contributed by atoms with Gasteiger partial charge in [0.2, 0.25) is 0 Å². The lowest BCUT2D eigenvalue weighted by Crippen LogP contribution is -2.28. The standard InChI is InChI=1S/C6H14N2/c1-3-4-5-6-8-7-2/h3,7-8H,1,4-6H2,2H3. The van der Waals surface area contributed by atoms with Gasteiger partial charge in [0.25, 0.3) is 0 Å². The zero-order chi connectivity index (χ0) is 6.24. The van der Waals surface area contributed by atoms with E-state index in [9.17, 15) is 0 Å². The van der Waals surface area contributed by atoms with Gasteiger partial charge in [-0.05, 0) is 19.9 Å². The second-order valence-electron chi connectivity index (χ2n) is 1.61. The van der Waals surface area contributed by atoms with E-state index in [1.165, 1.54) is 0 Å². The quantitative estimate of drug-likeness (QED) is 0.312. The van der Waals surface area contributed by atoms with Gasteiger partial charge in [0.15, 0.2) is 0 Å². The summed E-state index contributed by atoms with van der Waals surface area (Å²) >= 11 is 0. The molecule has 0 amide bonds. The monoisotopic (exact) mass is 114 g/mol.